The lowest BCUT2D eigenvalue weighted by Gasteiger charge is -2.29. The minimum absolute atomic E-state index is 0.178. The highest BCUT2D eigenvalue weighted by atomic mass is 79.9. The molecule has 1 aliphatic heterocycles. The standard InChI is InChI=1S/C16H17BrO6/c1-5-21-13-11(17)7-9(8-12(13)20-4)6-10-14(18)22-16(2,3)23-15(10)19/h6-8H,5H2,1-4H3. The summed E-state index contributed by atoms with van der Waals surface area (Å²) in [5.41, 5.74) is 0.392. The molecule has 1 heterocycles. The summed E-state index contributed by atoms with van der Waals surface area (Å²) in [5.74, 6) is -1.69. The Kier molecular flexibility index (Phi) is 4.99. The molecular weight excluding hydrogens is 368 g/mol. The summed E-state index contributed by atoms with van der Waals surface area (Å²) in [5, 5.41) is 0. The molecule has 1 aromatic carbocycles. The van der Waals surface area contributed by atoms with E-state index in [1.807, 2.05) is 6.92 Å². The quantitative estimate of drug-likeness (QED) is 0.451. The van der Waals surface area contributed by atoms with E-state index in [-0.39, 0.29) is 5.57 Å². The zero-order valence-electron chi connectivity index (χ0n) is 13.3. The predicted octanol–water partition coefficient (Wildman–Crippen LogP) is 3.08. The van der Waals surface area contributed by atoms with Crippen molar-refractivity contribution >= 4 is 33.9 Å². The molecule has 7 heteroatoms. The number of ether oxygens (including phenoxy) is 4. The SMILES string of the molecule is CCOc1c(Br)cc(C=C2C(=O)OC(C)(C)OC2=O)cc1OC. The van der Waals surface area contributed by atoms with E-state index in [2.05, 4.69) is 15.9 Å². The predicted molar refractivity (Wildman–Crippen MR) is 86.1 cm³/mol. The Hall–Kier alpha value is -2.02. The molecule has 1 fully saturated rings. The number of methoxy groups -OCH3 is 1. The van der Waals surface area contributed by atoms with Crippen LogP contribution in [0.25, 0.3) is 6.08 Å². The van der Waals surface area contributed by atoms with Gasteiger partial charge in [0.2, 0.25) is 0 Å². The van der Waals surface area contributed by atoms with Crippen LogP contribution in [0.4, 0.5) is 0 Å². The van der Waals surface area contributed by atoms with E-state index in [0.29, 0.717) is 28.1 Å². The third-order valence-corrected chi connectivity index (χ3v) is 3.56. The van der Waals surface area contributed by atoms with Gasteiger partial charge in [-0.2, -0.15) is 0 Å². The Balaban J connectivity index is 2.41. The van der Waals surface area contributed by atoms with Crippen molar-refractivity contribution < 1.29 is 28.5 Å². The second-order valence-corrected chi connectivity index (χ2v) is 6.06. The molecule has 0 bridgehead atoms. The fourth-order valence-corrected chi connectivity index (χ4v) is 2.63. The summed E-state index contributed by atoms with van der Waals surface area (Å²) in [7, 11) is 1.51. The van der Waals surface area contributed by atoms with Crippen LogP contribution in [0, 0.1) is 0 Å². The van der Waals surface area contributed by atoms with Gasteiger partial charge < -0.3 is 18.9 Å². The first kappa shape index (κ1) is 17.3. The van der Waals surface area contributed by atoms with E-state index >= 15 is 0 Å². The molecule has 0 spiro atoms. The maximum atomic E-state index is 12.0. The van der Waals surface area contributed by atoms with Gasteiger partial charge >= 0.3 is 11.9 Å². The lowest BCUT2D eigenvalue weighted by molar-refractivity contribution is -0.222. The van der Waals surface area contributed by atoms with Crippen LogP contribution in [-0.2, 0) is 19.1 Å². The molecule has 0 radical (unpaired) electrons. The highest BCUT2D eigenvalue weighted by Gasteiger charge is 2.38. The lowest BCUT2D eigenvalue weighted by atomic mass is 10.1. The summed E-state index contributed by atoms with van der Waals surface area (Å²) in [4.78, 5) is 23.9. The van der Waals surface area contributed by atoms with Gasteiger partial charge in [0.15, 0.2) is 11.5 Å². The molecule has 0 saturated carbocycles. The molecule has 0 N–H and O–H groups in total. The summed E-state index contributed by atoms with van der Waals surface area (Å²) < 4.78 is 21.5. The summed E-state index contributed by atoms with van der Waals surface area (Å²) >= 11 is 3.39. The second-order valence-electron chi connectivity index (χ2n) is 5.20. The van der Waals surface area contributed by atoms with Crippen LogP contribution in [0.2, 0.25) is 0 Å². The topological polar surface area (TPSA) is 71.1 Å². The van der Waals surface area contributed by atoms with Crippen LogP contribution < -0.4 is 9.47 Å². The monoisotopic (exact) mass is 384 g/mol. The average molecular weight is 385 g/mol. The summed E-state index contributed by atoms with van der Waals surface area (Å²) in [6, 6.07) is 3.36. The molecule has 6 nitrogen and oxygen atoms in total. The van der Waals surface area contributed by atoms with Crippen molar-refractivity contribution in [3.05, 3.63) is 27.7 Å². The van der Waals surface area contributed by atoms with Crippen molar-refractivity contribution in [3.8, 4) is 11.5 Å². The number of halogens is 1. The fraction of sp³-hybridized carbons (Fsp3) is 0.375. The highest BCUT2D eigenvalue weighted by Crippen LogP contribution is 2.37. The molecular formula is C16H17BrO6. The maximum absolute atomic E-state index is 12.0. The zero-order chi connectivity index (χ0) is 17.2. The summed E-state index contributed by atoms with van der Waals surface area (Å²) in [6.07, 6.45) is 1.39. The van der Waals surface area contributed by atoms with Crippen LogP contribution in [0.15, 0.2) is 22.2 Å². The number of hydrogen-bond donors (Lipinski definition) is 0. The van der Waals surface area contributed by atoms with Crippen LogP contribution in [0.1, 0.15) is 26.3 Å². The lowest BCUT2D eigenvalue weighted by Crippen LogP contribution is -2.41. The second kappa shape index (κ2) is 6.62. The van der Waals surface area contributed by atoms with Crippen molar-refractivity contribution in [1.82, 2.24) is 0 Å². The van der Waals surface area contributed by atoms with Crippen molar-refractivity contribution in [2.24, 2.45) is 0 Å². The van der Waals surface area contributed by atoms with Crippen molar-refractivity contribution in [3.63, 3.8) is 0 Å². The van der Waals surface area contributed by atoms with E-state index in [9.17, 15) is 9.59 Å². The molecule has 0 unspecified atom stereocenters. The van der Waals surface area contributed by atoms with Crippen LogP contribution in [0.5, 0.6) is 11.5 Å². The van der Waals surface area contributed by atoms with E-state index in [0.717, 1.165) is 0 Å². The molecule has 1 aliphatic rings. The van der Waals surface area contributed by atoms with E-state index in [4.69, 9.17) is 18.9 Å². The first-order chi connectivity index (χ1) is 10.8. The van der Waals surface area contributed by atoms with Gasteiger partial charge in [0.05, 0.1) is 18.2 Å². The molecule has 1 saturated heterocycles. The smallest absolute Gasteiger partial charge is 0.348 e. The van der Waals surface area contributed by atoms with Crippen molar-refractivity contribution in [2.45, 2.75) is 26.6 Å². The third kappa shape index (κ3) is 3.85. The number of hydrogen-bond acceptors (Lipinski definition) is 6. The van der Waals surface area contributed by atoms with E-state index in [1.54, 1.807) is 12.1 Å². The molecule has 2 rings (SSSR count). The molecule has 1 aromatic rings. The van der Waals surface area contributed by atoms with Gasteiger partial charge in [0.1, 0.15) is 5.57 Å². The van der Waals surface area contributed by atoms with E-state index in [1.165, 1.54) is 27.0 Å². The first-order valence-electron chi connectivity index (χ1n) is 6.96. The summed E-state index contributed by atoms with van der Waals surface area (Å²) in [6.45, 7) is 5.33. The molecule has 0 aromatic heterocycles. The number of rotatable bonds is 4. The number of cyclic esters (lactones) is 2. The Morgan fingerprint density at radius 3 is 2.35 bits per heavy atom. The zero-order valence-corrected chi connectivity index (χ0v) is 14.9. The number of carbonyl (C=O) groups excluding carboxylic acids is 2. The van der Waals surface area contributed by atoms with Crippen molar-refractivity contribution in [1.29, 1.82) is 0 Å². The van der Waals surface area contributed by atoms with Gasteiger partial charge in [-0.15, -0.1) is 0 Å². The Morgan fingerprint density at radius 1 is 1.22 bits per heavy atom. The molecule has 0 amide bonds. The van der Waals surface area contributed by atoms with E-state index < -0.39 is 17.7 Å². The van der Waals surface area contributed by atoms with Crippen molar-refractivity contribution in [2.75, 3.05) is 13.7 Å². The van der Waals surface area contributed by atoms with Gasteiger partial charge in [-0.05, 0) is 46.6 Å². The highest BCUT2D eigenvalue weighted by molar-refractivity contribution is 9.10. The Labute approximate surface area is 142 Å². The number of esters is 2. The van der Waals surface area contributed by atoms with Crippen LogP contribution in [-0.4, -0.2) is 31.4 Å². The molecule has 0 atom stereocenters. The molecule has 124 valence electrons. The normalized spacial score (nSPS) is 16.5. The largest absolute Gasteiger partial charge is 0.493 e. The van der Waals surface area contributed by atoms with Gasteiger partial charge in [-0.25, -0.2) is 9.59 Å². The van der Waals surface area contributed by atoms with Crippen LogP contribution >= 0.6 is 15.9 Å². The molecule has 23 heavy (non-hydrogen) atoms. The molecule has 0 aliphatic carbocycles. The minimum atomic E-state index is -1.26. The average Bonchev–Trinajstić information content (AvgIpc) is 2.44. The Bertz CT molecular complexity index is 655. The van der Waals surface area contributed by atoms with Gasteiger partial charge in [-0.3, -0.25) is 0 Å². The maximum Gasteiger partial charge on any atom is 0.348 e. The number of benzene rings is 1. The fourth-order valence-electron chi connectivity index (χ4n) is 2.05. The minimum Gasteiger partial charge on any atom is -0.493 e. The Morgan fingerprint density at radius 2 is 1.83 bits per heavy atom. The van der Waals surface area contributed by atoms with Crippen LogP contribution in [0.3, 0.4) is 0 Å². The first-order valence-corrected chi connectivity index (χ1v) is 7.75. The van der Waals surface area contributed by atoms with Gasteiger partial charge in [-0.1, -0.05) is 0 Å². The van der Waals surface area contributed by atoms with Gasteiger partial charge in [0.25, 0.3) is 5.79 Å². The number of carbonyl (C=O) groups is 2. The van der Waals surface area contributed by atoms with Gasteiger partial charge in [0, 0.05) is 13.8 Å². The third-order valence-electron chi connectivity index (χ3n) is 2.97.